The van der Waals surface area contributed by atoms with Crippen LogP contribution >= 0.6 is 12.2 Å². The molecule has 4 rings (SSSR count). The zero-order chi connectivity index (χ0) is 24.1. The number of piperazine rings is 1. The Bertz CT molecular complexity index is 1320. The zero-order valence-corrected chi connectivity index (χ0v) is 20.5. The van der Waals surface area contributed by atoms with Gasteiger partial charge in [0.2, 0.25) is 15.9 Å². The number of quaternary nitrogens is 1. The SMILES string of the molecule is C[NH+]1CCN(S(=O)(=O)c2ccc(NC(=S)NC(=O)C=Cc3cccc4ccccc34)cc2)CC1. The van der Waals surface area contributed by atoms with Gasteiger partial charge in [-0.05, 0) is 58.9 Å². The number of carbonyl (C=O) groups is 1. The predicted molar refractivity (Wildman–Crippen MR) is 139 cm³/mol. The molecule has 1 saturated heterocycles. The lowest BCUT2D eigenvalue weighted by Gasteiger charge is -2.29. The third-order valence-electron chi connectivity index (χ3n) is 5.80. The average molecular weight is 496 g/mol. The molecule has 0 radical (unpaired) electrons. The summed E-state index contributed by atoms with van der Waals surface area (Å²) < 4.78 is 27.2. The molecule has 3 aromatic carbocycles. The molecule has 0 bridgehead atoms. The van der Waals surface area contributed by atoms with Crippen LogP contribution in [0.5, 0.6) is 0 Å². The molecule has 0 spiro atoms. The molecule has 0 atom stereocenters. The summed E-state index contributed by atoms with van der Waals surface area (Å²) in [6.07, 6.45) is 3.18. The van der Waals surface area contributed by atoms with Crippen molar-refractivity contribution in [3.05, 3.63) is 78.4 Å². The first kappa shape index (κ1) is 24.0. The molecule has 1 heterocycles. The molecule has 7 nitrogen and oxygen atoms in total. The molecule has 9 heteroatoms. The lowest BCUT2D eigenvalue weighted by atomic mass is 10.0. The first-order valence-electron chi connectivity index (χ1n) is 11.0. The van der Waals surface area contributed by atoms with E-state index in [4.69, 9.17) is 12.2 Å². The molecule has 0 saturated carbocycles. The number of likely N-dealkylation sites (N-methyl/N-ethyl adjacent to an activating group) is 1. The average Bonchev–Trinajstić information content (AvgIpc) is 2.83. The molecule has 1 aliphatic rings. The summed E-state index contributed by atoms with van der Waals surface area (Å²) in [7, 11) is -1.46. The molecule has 0 aliphatic carbocycles. The van der Waals surface area contributed by atoms with Gasteiger partial charge in [-0.15, -0.1) is 0 Å². The highest BCUT2D eigenvalue weighted by atomic mass is 32.2. The molecule has 3 N–H and O–H groups in total. The van der Waals surface area contributed by atoms with E-state index in [1.54, 1.807) is 30.3 Å². The van der Waals surface area contributed by atoms with E-state index in [0.717, 1.165) is 29.4 Å². The summed E-state index contributed by atoms with van der Waals surface area (Å²) in [5, 5.41) is 7.82. The maximum atomic E-state index is 12.8. The Labute approximate surface area is 205 Å². The predicted octanol–water partition coefficient (Wildman–Crippen LogP) is 1.89. The Balaban J connectivity index is 1.34. The second-order valence-electron chi connectivity index (χ2n) is 8.23. The highest BCUT2D eigenvalue weighted by Crippen LogP contribution is 2.20. The number of anilines is 1. The van der Waals surface area contributed by atoms with Crippen molar-refractivity contribution in [2.75, 3.05) is 38.5 Å². The van der Waals surface area contributed by atoms with E-state index in [-0.39, 0.29) is 15.9 Å². The van der Waals surface area contributed by atoms with Crippen LogP contribution in [0.4, 0.5) is 5.69 Å². The number of amides is 1. The van der Waals surface area contributed by atoms with Gasteiger partial charge >= 0.3 is 0 Å². The number of carbonyl (C=O) groups excluding carboxylic acids is 1. The molecule has 3 aromatic rings. The smallest absolute Gasteiger partial charge is 0.250 e. The van der Waals surface area contributed by atoms with Gasteiger partial charge in [-0.1, -0.05) is 42.5 Å². The van der Waals surface area contributed by atoms with E-state index in [9.17, 15) is 13.2 Å². The van der Waals surface area contributed by atoms with Crippen LogP contribution in [0.1, 0.15) is 5.56 Å². The standard InChI is InChI=1S/C25H26N4O3S2/c1-28-15-17-29(18-16-28)34(31,32)22-12-10-21(11-13-22)26-25(33)27-24(30)14-9-20-7-4-6-19-5-2-3-8-23(19)20/h2-14H,15-18H2,1H3,(H2,26,27,30,33)/p+1. The molecule has 1 amide bonds. The van der Waals surface area contributed by atoms with Crippen molar-refractivity contribution in [3.63, 3.8) is 0 Å². The summed E-state index contributed by atoms with van der Waals surface area (Å²) in [6.45, 7) is 2.61. The van der Waals surface area contributed by atoms with Gasteiger partial charge in [0.15, 0.2) is 5.11 Å². The minimum atomic E-state index is -3.52. The molecule has 1 fully saturated rings. The van der Waals surface area contributed by atoms with Gasteiger partial charge in [0.25, 0.3) is 0 Å². The Kier molecular flexibility index (Phi) is 7.38. The second-order valence-corrected chi connectivity index (χ2v) is 10.6. The van der Waals surface area contributed by atoms with E-state index in [2.05, 4.69) is 17.7 Å². The van der Waals surface area contributed by atoms with Gasteiger partial charge in [0.05, 0.1) is 38.1 Å². The first-order valence-corrected chi connectivity index (χ1v) is 12.9. The summed E-state index contributed by atoms with van der Waals surface area (Å²) in [5.74, 6) is -0.359. The van der Waals surface area contributed by atoms with E-state index >= 15 is 0 Å². The number of nitrogens with one attached hydrogen (secondary N) is 3. The topological polar surface area (TPSA) is 82.9 Å². The van der Waals surface area contributed by atoms with Crippen molar-refractivity contribution in [1.29, 1.82) is 0 Å². The van der Waals surface area contributed by atoms with Crippen molar-refractivity contribution in [2.24, 2.45) is 0 Å². The largest absolute Gasteiger partial charge is 0.335 e. The van der Waals surface area contributed by atoms with Crippen molar-refractivity contribution >= 4 is 55.8 Å². The minimum absolute atomic E-state index is 0.130. The maximum absolute atomic E-state index is 12.8. The molecule has 1 aliphatic heterocycles. The Morgan fingerprint density at radius 1 is 1.00 bits per heavy atom. The quantitative estimate of drug-likeness (QED) is 0.372. The summed E-state index contributed by atoms with van der Waals surface area (Å²) in [4.78, 5) is 13.9. The van der Waals surface area contributed by atoms with Crippen LogP contribution in [-0.4, -0.2) is 57.0 Å². The monoisotopic (exact) mass is 495 g/mol. The van der Waals surface area contributed by atoms with Crippen LogP contribution in [0.2, 0.25) is 0 Å². The van der Waals surface area contributed by atoms with Crippen LogP contribution in [0.15, 0.2) is 77.7 Å². The Morgan fingerprint density at radius 3 is 2.41 bits per heavy atom. The van der Waals surface area contributed by atoms with Crippen LogP contribution in [0.3, 0.4) is 0 Å². The Morgan fingerprint density at radius 2 is 1.68 bits per heavy atom. The highest BCUT2D eigenvalue weighted by Gasteiger charge is 2.28. The summed E-state index contributed by atoms with van der Waals surface area (Å²) in [5.41, 5.74) is 1.52. The van der Waals surface area contributed by atoms with Crippen LogP contribution in [0, 0.1) is 0 Å². The number of sulfonamides is 1. The van der Waals surface area contributed by atoms with E-state index in [0.29, 0.717) is 18.8 Å². The highest BCUT2D eigenvalue weighted by molar-refractivity contribution is 7.89. The van der Waals surface area contributed by atoms with Gasteiger partial charge < -0.3 is 10.2 Å². The molecule has 176 valence electrons. The summed E-state index contributed by atoms with van der Waals surface area (Å²) >= 11 is 5.23. The minimum Gasteiger partial charge on any atom is -0.335 e. The maximum Gasteiger partial charge on any atom is 0.250 e. The molecule has 34 heavy (non-hydrogen) atoms. The molecular weight excluding hydrogens is 468 g/mol. The number of nitrogens with zero attached hydrogens (tertiary/aromatic N) is 1. The van der Waals surface area contributed by atoms with Crippen molar-refractivity contribution in [1.82, 2.24) is 9.62 Å². The lowest BCUT2D eigenvalue weighted by Crippen LogP contribution is -3.12. The van der Waals surface area contributed by atoms with Gasteiger partial charge in [-0.25, -0.2) is 8.42 Å². The normalized spacial score (nSPS) is 15.4. The van der Waals surface area contributed by atoms with Gasteiger partial charge in [-0.3, -0.25) is 10.1 Å². The van der Waals surface area contributed by atoms with Crippen LogP contribution in [0.25, 0.3) is 16.8 Å². The first-order chi connectivity index (χ1) is 16.3. The third-order valence-corrected chi connectivity index (χ3v) is 7.92. The number of thiocarbonyl (C=S) groups is 1. The fourth-order valence-electron chi connectivity index (χ4n) is 3.84. The van der Waals surface area contributed by atoms with Crippen molar-refractivity contribution in [2.45, 2.75) is 4.90 Å². The van der Waals surface area contributed by atoms with Crippen LogP contribution < -0.4 is 15.5 Å². The fourth-order valence-corrected chi connectivity index (χ4v) is 5.50. The number of rotatable bonds is 5. The number of benzene rings is 3. The Hall–Kier alpha value is -3.11. The number of fused-ring (bicyclic) bond motifs is 1. The van der Waals surface area contributed by atoms with Crippen molar-refractivity contribution in [3.8, 4) is 0 Å². The molecule has 0 aromatic heterocycles. The van der Waals surface area contributed by atoms with Crippen molar-refractivity contribution < 1.29 is 18.1 Å². The van der Waals surface area contributed by atoms with Gasteiger partial charge in [0, 0.05) is 11.8 Å². The lowest BCUT2D eigenvalue weighted by molar-refractivity contribution is -0.883. The van der Waals surface area contributed by atoms with Crippen LogP contribution in [-0.2, 0) is 14.8 Å². The number of hydrogen-bond donors (Lipinski definition) is 3. The number of hydrogen-bond acceptors (Lipinski definition) is 4. The van der Waals surface area contributed by atoms with E-state index in [1.165, 1.54) is 15.3 Å². The van der Waals surface area contributed by atoms with Gasteiger partial charge in [-0.2, -0.15) is 4.31 Å². The third kappa shape index (κ3) is 5.68. The summed E-state index contributed by atoms with van der Waals surface area (Å²) in [6, 6.07) is 20.3. The molecular formula is C25H27N4O3S2+. The molecule has 0 unspecified atom stereocenters. The zero-order valence-electron chi connectivity index (χ0n) is 18.8. The van der Waals surface area contributed by atoms with E-state index < -0.39 is 10.0 Å². The van der Waals surface area contributed by atoms with E-state index in [1.807, 2.05) is 42.5 Å². The fraction of sp³-hybridized carbons (Fsp3) is 0.200. The van der Waals surface area contributed by atoms with Gasteiger partial charge in [0.1, 0.15) is 0 Å². The second kappa shape index (κ2) is 10.4.